The van der Waals surface area contributed by atoms with E-state index in [0.29, 0.717) is 13.0 Å². The molecule has 0 aliphatic carbocycles. The average molecular weight is 173 g/mol. The molecule has 5 heteroatoms. The van der Waals surface area contributed by atoms with E-state index in [1.807, 2.05) is 0 Å². The maximum Gasteiger partial charge on any atom is 0.407 e. The summed E-state index contributed by atoms with van der Waals surface area (Å²) >= 11 is 0. The van der Waals surface area contributed by atoms with E-state index >= 15 is 0 Å². The molecule has 1 aliphatic rings. The Kier molecular flexibility index (Phi) is 2.90. The number of hydrogen-bond donors (Lipinski definition) is 1. The molecule has 0 aromatic heterocycles. The monoisotopic (exact) mass is 173 g/mol. The first kappa shape index (κ1) is 8.83. The highest BCUT2D eigenvalue weighted by atomic mass is 16.6. The lowest BCUT2D eigenvalue weighted by Gasteiger charge is -2.07. The van der Waals surface area contributed by atoms with E-state index in [9.17, 15) is 9.59 Å². The summed E-state index contributed by atoms with van der Waals surface area (Å²) in [4.78, 5) is 21.2. The number of amides is 1. The minimum Gasteiger partial charge on any atom is -0.462 e. The van der Waals surface area contributed by atoms with E-state index in [1.165, 1.54) is 0 Å². The van der Waals surface area contributed by atoms with Crippen LogP contribution in [0.2, 0.25) is 0 Å². The van der Waals surface area contributed by atoms with Crippen molar-refractivity contribution in [3.63, 3.8) is 0 Å². The highest BCUT2D eigenvalue weighted by Crippen LogP contribution is 2.00. The lowest BCUT2D eigenvalue weighted by molar-refractivity contribution is -0.145. The van der Waals surface area contributed by atoms with Crippen LogP contribution in [0.3, 0.4) is 0 Å². The van der Waals surface area contributed by atoms with E-state index in [4.69, 9.17) is 9.47 Å². The average Bonchev–Trinajstić information content (AvgIpc) is 2.47. The van der Waals surface area contributed by atoms with Gasteiger partial charge in [-0.15, -0.1) is 0 Å². The fraction of sp³-hybridized carbons (Fsp3) is 0.714. The van der Waals surface area contributed by atoms with Crippen molar-refractivity contribution < 1.29 is 19.1 Å². The van der Waals surface area contributed by atoms with Crippen molar-refractivity contribution in [2.45, 2.75) is 19.4 Å². The number of hydrogen-bond acceptors (Lipinski definition) is 4. The van der Waals surface area contributed by atoms with Crippen LogP contribution in [0.1, 0.15) is 13.3 Å². The fourth-order valence-electron chi connectivity index (χ4n) is 0.813. The highest BCUT2D eigenvalue weighted by molar-refractivity contribution is 5.70. The molecule has 1 atom stereocenters. The second-order valence-corrected chi connectivity index (χ2v) is 2.44. The zero-order valence-corrected chi connectivity index (χ0v) is 6.83. The Morgan fingerprint density at radius 2 is 2.58 bits per heavy atom. The van der Waals surface area contributed by atoms with Gasteiger partial charge in [-0.3, -0.25) is 4.79 Å². The van der Waals surface area contributed by atoms with Crippen molar-refractivity contribution in [2.24, 2.45) is 0 Å². The van der Waals surface area contributed by atoms with Gasteiger partial charge < -0.3 is 14.8 Å². The van der Waals surface area contributed by atoms with Crippen molar-refractivity contribution in [3.05, 3.63) is 0 Å². The molecule has 0 aromatic carbocycles. The lowest BCUT2D eigenvalue weighted by Crippen LogP contribution is -2.22. The molecule has 0 aromatic rings. The zero-order valence-electron chi connectivity index (χ0n) is 6.83. The van der Waals surface area contributed by atoms with Crippen LogP contribution in [0.15, 0.2) is 0 Å². The van der Waals surface area contributed by atoms with E-state index in [0.717, 1.165) is 0 Å². The Morgan fingerprint density at radius 1 is 1.83 bits per heavy atom. The van der Waals surface area contributed by atoms with Crippen molar-refractivity contribution in [1.82, 2.24) is 5.32 Å². The summed E-state index contributed by atoms with van der Waals surface area (Å²) in [6.07, 6.45) is -0.436. The highest BCUT2D eigenvalue weighted by Gasteiger charge is 2.23. The predicted octanol–water partition coefficient (Wildman–Crippen LogP) is 0.0480. The van der Waals surface area contributed by atoms with Crippen LogP contribution in [0.5, 0.6) is 0 Å². The van der Waals surface area contributed by atoms with Crippen LogP contribution in [-0.4, -0.2) is 31.3 Å². The van der Waals surface area contributed by atoms with Gasteiger partial charge in [-0.25, -0.2) is 4.79 Å². The molecule has 1 fully saturated rings. The Balaban J connectivity index is 2.16. The molecule has 1 N–H and O–H groups in total. The molecule has 1 amide bonds. The van der Waals surface area contributed by atoms with Gasteiger partial charge in [-0.1, -0.05) is 6.92 Å². The van der Waals surface area contributed by atoms with Crippen LogP contribution in [0, 0.1) is 0 Å². The molecule has 1 aliphatic heterocycles. The van der Waals surface area contributed by atoms with Gasteiger partial charge in [0.05, 0.1) is 6.54 Å². The molecule has 68 valence electrons. The number of carbonyl (C=O) groups is 2. The van der Waals surface area contributed by atoms with Gasteiger partial charge >= 0.3 is 12.1 Å². The molecule has 12 heavy (non-hydrogen) atoms. The van der Waals surface area contributed by atoms with E-state index < -0.39 is 6.09 Å². The normalized spacial score (nSPS) is 21.4. The second-order valence-electron chi connectivity index (χ2n) is 2.44. The number of rotatable bonds is 3. The smallest absolute Gasteiger partial charge is 0.407 e. The topological polar surface area (TPSA) is 64.6 Å². The van der Waals surface area contributed by atoms with Crippen LogP contribution >= 0.6 is 0 Å². The van der Waals surface area contributed by atoms with Crippen LogP contribution in [0.25, 0.3) is 0 Å². The molecule has 1 unspecified atom stereocenters. The van der Waals surface area contributed by atoms with Crippen molar-refractivity contribution >= 4 is 12.1 Å². The van der Waals surface area contributed by atoms with Gasteiger partial charge in [0.15, 0.2) is 6.10 Å². The molecular weight excluding hydrogens is 162 g/mol. The quantitative estimate of drug-likeness (QED) is 0.612. The fourth-order valence-corrected chi connectivity index (χ4v) is 0.813. The maximum atomic E-state index is 10.7. The summed E-state index contributed by atoms with van der Waals surface area (Å²) in [6.45, 7) is 2.27. The molecule has 1 saturated heterocycles. The van der Waals surface area contributed by atoms with Gasteiger partial charge in [0.25, 0.3) is 0 Å². The number of cyclic esters (lactones) is 1. The first-order valence-electron chi connectivity index (χ1n) is 3.82. The third kappa shape index (κ3) is 2.41. The Labute approximate surface area is 70.0 Å². The molecule has 1 heterocycles. The van der Waals surface area contributed by atoms with Crippen LogP contribution < -0.4 is 5.32 Å². The Hall–Kier alpha value is -1.26. The minimum atomic E-state index is -0.451. The van der Waals surface area contributed by atoms with Gasteiger partial charge in [-0.2, -0.15) is 0 Å². The minimum absolute atomic E-state index is 0.144. The molecule has 1 rings (SSSR count). The molecule has 0 saturated carbocycles. The molecule has 0 bridgehead atoms. The van der Waals surface area contributed by atoms with E-state index in [1.54, 1.807) is 6.92 Å². The Morgan fingerprint density at radius 3 is 3.08 bits per heavy atom. The number of esters is 1. The van der Waals surface area contributed by atoms with Gasteiger partial charge in [0.2, 0.25) is 0 Å². The summed E-state index contributed by atoms with van der Waals surface area (Å²) in [6, 6.07) is 0. The zero-order chi connectivity index (χ0) is 8.97. The summed E-state index contributed by atoms with van der Waals surface area (Å²) < 4.78 is 9.50. The SMILES string of the molecule is CCC(=O)OCC1CNC(=O)O1. The van der Waals surface area contributed by atoms with E-state index in [-0.39, 0.29) is 18.7 Å². The second kappa shape index (κ2) is 3.94. The van der Waals surface area contributed by atoms with E-state index in [2.05, 4.69) is 5.32 Å². The summed E-state index contributed by atoms with van der Waals surface area (Å²) in [5, 5.41) is 2.46. The van der Waals surface area contributed by atoms with Crippen molar-refractivity contribution in [2.75, 3.05) is 13.2 Å². The molecule has 0 radical (unpaired) electrons. The van der Waals surface area contributed by atoms with Gasteiger partial charge in [-0.05, 0) is 0 Å². The maximum absolute atomic E-state index is 10.7. The van der Waals surface area contributed by atoms with Gasteiger partial charge in [0.1, 0.15) is 6.61 Å². The lowest BCUT2D eigenvalue weighted by atomic mass is 10.4. The number of nitrogens with one attached hydrogen (secondary N) is 1. The van der Waals surface area contributed by atoms with Crippen molar-refractivity contribution in [3.8, 4) is 0 Å². The summed E-state index contributed by atoms with van der Waals surface area (Å²) in [5.74, 6) is -0.280. The molecule has 0 spiro atoms. The number of carbonyl (C=O) groups excluding carboxylic acids is 2. The third-order valence-corrected chi connectivity index (χ3v) is 1.47. The van der Waals surface area contributed by atoms with Crippen molar-refractivity contribution in [1.29, 1.82) is 0 Å². The van der Waals surface area contributed by atoms with Crippen LogP contribution in [0.4, 0.5) is 4.79 Å². The van der Waals surface area contributed by atoms with Crippen LogP contribution in [-0.2, 0) is 14.3 Å². The first-order valence-corrected chi connectivity index (χ1v) is 3.82. The largest absolute Gasteiger partial charge is 0.462 e. The van der Waals surface area contributed by atoms with Gasteiger partial charge in [0, 0.05) is 6.42 Å². The third-order valence-electron chi connectivity index (χ3n) is 1.47. The predicted molar refractivity (Wildman–Crippen MR) is 39.5 cm³/mol. The first-order chi connectivity index (χ1) is 5.72. The summed E-state index contributed by atoms with van der Waals surface area (Å²) in [5.41, 5.74) is 0. The molecular formula is C7H11NO4. The Bertz CT molecular complexity index is 192. The standard InChI is InChI=1S/C7H11NO4/c1-2-6(9)11-4-5-3-8-7(10)12-5/h5H,2-4H2,1H3,(H,8,10). The number of alkyl carbamates (subject to hydrolysis) is 1. The summed E-state index contributed by atoms with van der Waals surface area (Å²) in [7, 11) is 0. The molecule has 5 nitrogen and oxygen atoms in total. The number of ether oxygens (including phenoxy) is 2.